The van der Waals surface area contributed by atoms with Crippen LogP contribution >= 0.6 is 0 Å². The molecule has 5 nitrogen and oxygen atoms in total. The van der Waals surface area contributed by atoms with Gasteiger partial charge in [0, 0.05) is 42.6 Å². The van der Waals surface area contributed by atoms with Gasteiger partial charge in [-0.15, -0.1) is 0 Å². The maximum absolute atomic E-state index is 12.6. The van der Waals surface area contributed by atoms with Crippen LogP contribution in [0.15, 0.2) is 18.2 Å². The van der Waals surface area contributed by atoms with Crippen molar-refractivity contribution in [1.82, 2.24) is 14.7 Å². The van der Waals surface area contributed by atoms with Crippen LogP contribution in [0.2, 0.25) is 0 Å². The Morgan fingerprint density at radius 1 is 1.23 bits per heavy atom. The van der Waals surface area contributed by atoms with Crippen LogP contribution in [0.5, 0.6) is 5.75 Å². The van der Waals surface area contributed by atoms with Gasteiger partial charge in [0.15, 0.2) is 0 Å². The Morgan fingerprint density at radius 2 is 2.03 bits per heavy atom. The molecule has 0 unspecified atom stereocenters. The van der Waals surface area contributed by atoms with Crippen molar-refractivity contribution in [3.8, 4) is 5.75 Å². The van der Waals surface area contributed by atoms with E-state index in [0.717, 1.165) is 44.0 Å². The van der Waals surface area contributed by atoms with E-state index in [-0.39, 0.29) is 11.5 Å². The fourth-order valence-corrected chi connectivity index (χ4v) is 6.89. The first kappa shape index (κ1) is 18.9. The zero-order valence-corrected chi connectivity index (χ0v) is 18.4. The topological polar surface area (TPSA) is 61.5 Å². The number of phenolic OH excluding ortho intramolecular Hbond substituents is 1. The van der Waals surface area contributed by atoms with Crippen LogP contribution in [0, 0.1) is 12.8 Å². The number of aryl methyl sites for hydroxylation is 1. The molecule has 3 atom stereocenters. The molecule has 0 spiro atoms. The molecule has 6 rings (SSSR count). The van der Waals surface area contributed by atoms with Crippen LogP contribution < -0.4 is 0 Å². The third-order valence-electron chi connectivity index (χ3n) is 8.58. The Bertz CT molecular complexity index is 1020. The second-order valence-corrected chi connectivity index (χ2v) is 10.7. The maximum atomic E-state index is 12.6. The summed E-state index contributed by atoms with van der Waals surface area (Å²) in [5.74, 6) is 1.12. The van der Waals surface area contributed by atoms with Crippen molar-refractivity contribution >= 4 is 0 Å². The highest BCUT2D eigenvalue weighted by atomic mass is 16.3. The highest BCUT2D eigenvalue weighted by molar-refractivity contribution is 5.52. The molecule has 2 fully saturated rings. The van der Waals surface area contributed by atoms with E-state index < -0.39 is 5.60 Å². The molecule has 2 heterocycles. The lowest BCUT2D eigenvalue weighted by atomic mass is 9.49. The number of aromatic nitrogens is 2. The SMILES string of the molecule is Cc1nn(C(C)C)c2c1C[C@@]1(O)[C@H]3Cc4ccc(O)cc4[C@@]1(CCN3CC1CC1)C2. The van der Waals surface area contributed by atoms with E-state index in [4.69, 9.17) is 5.10 Å². The summed E-state index contributed by atoms with van der Waals surface area (Å²) >= 11 is 0. The Balaban J connectivity index is 1.56. The summed E-state index contributed by atoms with van der Waals surface area (Å²) in [6.07, 6.45) is 5.95. The molecule has 30 heavy (non-hydrogen) atoms. The van der Waals surface area contributed by atoms with Gasteiger partial charge in [-0.25, -0.2) is 0 Å². The highest BCUT2D eigenvalue weighted by Crippen LogP contribution is 2.58. The number of fused-ring (bicyclic) bond motifs is 2. The van der Waals surface area contributed by atoms with Crippen LogP contribution in [0.25, 0.3) is 0 Å². The molecule has 1 saturated heterocycles. The summed E-state index contributed by atoms with van der Waals surface area (Å²) in [5, 5.41) is 27.8. The number of nitrogens with zero attached hydrogens (tertiary/aromatic N) is 3. The van der Waals surface area contributed by atoms with Crippen molar-refractivity contribution in [2.24, 2.45) is 5.92 Å². The molecule has 5 heteroatoms. The van der Waals surface area contributed by atoms with Crippen LogP contribution in [0.4, 0.5) is 0 Å². The van der Waals surface area contributed by atoms with E-state index in [9.17, 15) is 10.2 Å². The van der Waals surface area contributed by atoms with E-state index in [1.165, 1.54) is 35.2 Å². The number of hydrogen-bond acceptors (Lipinski definition) is 4. The lowest BCUT2D eigenvalue weighted by Gasteiger charge is -2.63. The van der Waals surface area contributed by atoms with Gasteiger partial charge in [-0.2, -0.15) is 5.10 Å². The molecule has 0 radical (unpaired) electrons. The lowest BCUT2D eigenvalue weighted by Crippen LogP contribution is -2.74. The number of piperidine rings is 1. The molecule has 1 aliphatic heterocycles. The average Bonchev–Trinajstić information content (AvgIpc) is 3.46. The van der Waals surface area contributed by atoms with Gasteiger partial charge in [-0.3, -0.25) is 9.58 Å². The molecule has 4 aliphatic rings. The summed E-state index contributed by atoms with van der Waals surface area (Å²) < 4.78 is 2.18. The molecule has 0 amide bonds. The first-order valence-electron chi connectivity index (χ1n) is 11.7. The van der Waals surface area contributed by atoms with Crippen LogP contribution in [0.1, 0.15) is 67.2 Å². The summed E-state index contributed by atoms with van der Waals surface area (Å²) in [7, 11) is 0. The normalized spacial score (nSPS) is 32.6. The van der Waals surface area contributed by atoms with Crippen LogP contribution in [-0.2, 0) is 24.7 Å². The summed E-state index contributed by atoms with van der Waals surface area (Å²) in [6.45, 7) is 8.62. The van der Waals surface area contributed by atoms with Crippen LogP contribution in [0.3, 0.4) is 0 Å². The number of likely N-dealkylation sites (tertiary alicyclic amines) is 1. The zero-order chi connectivity index (χ0) is 20.8. The van der Waals surface area contributed by atoms with Gasteiger partial charge >= 0.3 is 0 Å². The smallest absolute Gasteiger partial charge is 0.115 e. The van der Waals surface area contributed by atoms with Crippen molar-refractivity contribution in [3.63, 3.8) is 0 Å². The Labute approximate surface area is 178 Å². The highest BCUT2D eigenvalue weighted by Gasteiger charge is 2.65. The first-order chi connectivity index (χ1) is 14.3. The van der Waals surface area contributed by atoms with Gasteiger partial charge in [0.05, 0.1) is 11.3 Å². The maximum Gasteiger partial charge on any atom is 0.115 e. The largest absolute Gasteiger partial charge is 0.508 e. The Kier molecular flexibility index (Phi) is 3.84. The van der Waals surface area contributed by atoms with Crippen LogP contribution in [-0.4, -0.2) is 49.6 Å². The molecule has 160 valence electrons. The minimum Gasteiger partial charge on any atom is -0.508 e. The van der Waals surface area contributed by atoms with E-state index >= 15 is 0 Å². The van der Waals surface area contributed by atoms with Gasteiger partial charge in [-0.1, -0.05) is 6.07 Å². The molecule has 1 aromatic heterocycles. The van der Waals surface area contributed by atoms with Gasteiger partial charge in [0.25, 0.3) is 0 Å². The summed E-state index contributed by atoms with van der Waals surface area (Å²) in [4.78, 5) is 2.60. The van der Waals surface area contributed by atoms with Crippen molar-refractivity contribution in [2.75, 3.05) is 13.1 Å². The molecule has 2 bridgehead atoms. The fourth-order valence-electron chi connectivity index (χ4n) is 6.89. The monoisotopic (exact) mass is 407 g/mol. The summed E-state index contributed by atoms with van der Waals surface area (Å²) in [5.41, 5.74) is 4.92. The number of hydrogen-bond donors (Lipinski definition) is 2. The molecule has 1 saturated carbocycles. The van der Waals surface area contributed by atoms with Crippen molar-refractivity contribution in [3.05, 3.63) is 46.3 Å². The van der Waals surface area contributed by atoms with Gasteiger partial charge in [0.2, 0.25) is 0 Å². The third kappa shape index (κ3) is 2.39. The molecule has 1 aromatic carbocycles. The minimum atomic E-state index is -0.816. The van der Waals surface area contributed by atoms with E-state index in [0.29, 0.717) is 18.2 Å². The van der Waals surface area contributed by atoms with Gasteiger partial charge in [-0.05, 0) is 87.7 Å². The average molecular weight is 408 g/mol. The number of benzene rings is 1. The number of aromatic hydroxyl groups is 1. The number of rotatable bonds is 3. The van der Waals surface area contributed by atoms with E-state index in [1.54, 1.807) is 0 Å². The second-order valence-electron chi connectivity index (χ2n) is 10.7. The quantitative estimate of drug-likeness (QED) is 0.820. The Hall–Kier alpha value is -1.85. The van der Waals surface area contributed by atoms with Gasteiger partial charge < -0.3 is 10.2 Å². The molecule has 2 N–H and O–H groups in total. The van der Waals surface area contributed by atoms with Crippen molar-refractivity contribution in [1.29, 1.82) is 0 Å². The summed E-state index contributed by atoms with van der Waals surface area (Å²) in [6, 6.07) is 6.30. The number of phenols is 1. The number of aliphatic hydroxyl groups is 1. The zero-order valence-electron chi connectivity index (χ0n) is 18.4. The minimum absolute atomic E-state index is 0.138. The third-order valence-corrected chi connectivity index (χ3v) is 8.58. The van der Waals surface area contributed by atoms with Crippen molar-refractivity contribution < 1.29 is 10.2 Å². The Morgan fingerprint density at radius 3 is 2.77 bits per heavy atom. The van der Waals surface area contributed by atoms with Gasteiger partial charge in [0.1, 0.15) is 5.75 Å². The van der Waals surface area contributed by atoms with E-state index in [1.807, 2.05) is 12.1 Å². The molecule has 2 aromatic rings. The predicted octanol–water partition coefficient (Wildman–Crippen LogP) is 3.29. The second kappa shape index (κ2) is 6.10. The van der Waals surface area contributed by atoms with E-state index in [2.05, 4.69) is 36.4 Å². The lowest BCUT2D eigenvalue weighted by molar-refractivity contribution is -0.152. The standard InChI is InChI=1S/C25H33N3O2/c1-15(2)28-22-13-24-8-9-27(14-17-4-5-17)23(10-18-6-7-19(29)11-21(18)24)25(24,30)12-20(22)16(3)26-28/h6-7,11,15,17,23,29-30H,4-5,8-10,12-14H2,1-3H3/t23-,24-,25-/m1/s1. The molecular formula is C25H33N3O2. The molecule has 3 aliphatic carbocycles. The molecular weight excluding hydrogens is 374 g/mol. The fraction of sp³-hybridized carbons (Fsp3) is 0.640. The first-order valence-corrected chi connectivity index (χ1v) is 11.7. The predicted molar refractivity (Wildman–Crippen MR) is 116 cm³/mol. The van der Waals surface area contributed by atoms with Crippen molar-refractivity contribution in [2.45, 2.75) is 82.4 Å².